The number of hydrogen-bond donors (Lipinski definition) is 1. The fourth-order valence-electron chi connectivity index (χ4n) is 2.60. The van der Waals surface area contributed by atoms with E-state index in [0.29, 0.717) is 0 Å². The van der Waals surface area contributed by atoms with E-state index in [1.54, 1.807) is 6.07 Å². The van der Waals surface area contributed by atoms with Gasteiger partial charge >= 0.3 is 0 Å². The summed E-state index contributed by atoms with van der Waals surface area (Å²) in [5.74, 6) is -0.491. The molecule has 1 N–H and O–H groups in total. The molecule has 1 aliphatic rings. The van der Waals surface area contributed by atoms with Crippen molar-refractivity contribution in [1.29, 1.82) is 0 Å². The van der Waals surface area contributed by atoms with Crippen molar-refractivity contribution in [3.05, 3.63) is 64.0 Å². The second kappa shape index (κ2) is 8.42. The highest BCUT2D eigenvalue weighted by atomic mass is 32.2. The van der Waals surface area contributed by atoms with E-state index in [9.17, 15) is 22.9 Å². The van der Waals surface area contributed by atoms with Gasteiger partial charge in [-0.15, -0.1) is 0 Å². The lowest BCUT2D eigenvalue weighted by atomic mass is 10.2. The molecular formula is C17H17FN4O5S. The predicted molar refractivity (Wildman–Crippen MR) is 100 cm³/mol. The Labute approximate surface area is 160 Å². The summed E-state index contributed by atoms with van der Waals surface area (Å²) in [4.78, 5) is 10.5. The Morgan fingerprint density at radius 1 is 1.21 bits per heavy atom. The Morgan fingerprint density at radius 3 is 2.61 bits per heavy atom. The number of nitrogens with zero attached hydrogens (tertiary/aromatic N) is 3. The molecule has 11 heteroatoms. The molecule has 148 valence electrons. The van der Waals surface area contributed by atoms with Crippen LogP contribution in [0.25, 0.3) is 0 Å². The van der Waals surface area contributed by atoms with Crippen molar-refractivity contribution in [3.63, 3.8) is 0 Å². The number of nitrogens with one attached hydrogen (secondary N) is 1. The van der Waals surface area contributed by atoms with Crippen molar-refractivity contribution in [2.45, 2.75) is 4.90 Å². The normalized spacial score (nSPS) is 15.6. The highest BCUT2D eigenvalue weighted by Crippen LogP contribution is 2.29. The molecule has 0 bridgehead atoms. The minimum absolute atomic E-state index is 0.0153. The minimum Gasteiger partial charge on any atom is -0.379 e. The average Bonchev–Trinajstić information content (AvgIpc) is 2.70. The average molecular weight is 408 g/mol. The van der Waals surface area contributed by atoms with Crippen molar-refractivity contribution >= 4 is 27.6 Å². The standard InChI is InChI=1S/C17H17FN4O5S/c18-15-4-2-1-3-13(15)12-19-20-16-6-5-14(11-17(16)22(23)24)28(25,26)21-7-9-27-10-8-21/h1-6,11-12,20H,7-10H2/b19-12+. The summed E-state index contributed by atoms with van der Waals surface area (Å²) in [6.07, 6.45) is 1.18. The zero-order valence-electron chi connectivity index (χ0n) is 14.6. The summed E-state index contributed by atoms with van der Waals surface area (Å²) in [6, 6.07) is 9.40. The van der Waals surface area contributed by atoms with Crippen molar-refractivity contribution < 1.29 is 22.5 Å². The van der Waals surface area contributed by atoms with E-state index < -0.39 is 26.5 Å². The van der Waals surface area contributed by atoms with Gasteiger partial charge in [-0.3, -0.25) is 15.5 Å². The van der Waals surface area contributed by atoms with Gasteiger partial charge in [-0.2, -0.15) is 9.41 Å². The number of morpholine rings is 1. The van der Waals surface area contributed by atoms with E-state index >= 15 is 0 Å². The number of hydrogen-bond acceptors (Lipinski definition) is 7. The monoisotopic (exact) mass is 408 g/mol. The fourth-order valence-corrected chi connectivity index (χ4v) is 4.03. The van der Waals surface area contributed by atoms with E-state index in [1.807, 2.05) is 0 Å². The molecule has 0 atom stereocenters. The van der Waals surface area contributed by atoms with Gasteiger partial charge in [0.1, 0.15) is 11.5 Å². The van der Waals surface area contributed by atoms with Crippen LogP contribution in [0.15, 0.2) is 52.5 Å². The number of ether oxygens (including phenoxy) is 1. The third-order valence-corrected chi connectivity index (χ3v) is 5.96. The quantitative estimate of drug-likeness (QED) is 0.445. The Morgan fingerprint density at radius 2 is 1.93 bits per heavy atom. The van der Waals surface area contributed by atoms with E-state index in [4.69, 9.17) is 4.74 Å². The molecule has 1 aliphatic heterocycles. The zero-order valence-corrected chi connectivity index (χ0v) is 15.4. The van der Waals surface area contributed by atoms with Crippen LogP contribution >= 0.6 is 0 Å². The maximum absolute atomic E-state index is 13.6. The predicted octanol–water partition coefficient (Wildman–Crippen LogP) is 2.20. The number of nitro benzene ring substituents is 1. The molecule has 1 fully saturated rings. The molecule has 1 heterocycles. The van der Waals surface area contributed by atoms with Gasteiger partial charge in [-0.1, -0.05) is 18.2 Å². The molecule has 0 saturated carbocycles. The first-order valence-electron chi connectivity index (χ1n) is 8.29. The Balaban J connectivity index is 1.85. The van der Waals surface area contributed by atoms with Crippen LogP contribution in [-0.4, -0.2) is 50.2 Å². The molecule has 2 aromatic rings. The van der Waals surface area contributed by atoms with Gasteiger partial charge in [-0.05, 0) is 18.2 Å². The topological polar surface area (TPSA) is 114 Å². The lowest BCUT2D eigenvalue weighted by Gasteiger charge is -2.26. The van der Waals surface area contributed by atoms with Crippen LogP contribution in [-0.2, 0) is 14.8 Å². The first-order chi connectivity index (χ1) is 13.4. The summed E-state index contributed by atoms with van der Waals surface area (Å²) in [5.41, 5.74) is 2.19. The fraction of sp³-hybridized carbons (Fsp3) is 0.235. The van der Waals surface area contributed by atoms with E-state index in [-0.39, 0.29) is 42.4 Å². The molecule has 0 aromatic heterocycles. The SMILES string of the molecule is O=[N+]([O-])c1cc(S(=O)(=O)N2CCOCC2)ccc1N/N=C/c1ccccc1F. The second-order valence-corrected chi connectivity index (χ2v) is 7.78. The summed E-state index contributed by atoms with van der Waals surface area (Å²) >= 11 is 0. The number of hydrazone groups is 1. The summed E-state index contributed by atoms with van der Waals surface area (Å²) in [5, 5.41) is 15.2. The molecule has 2 aromatic carbocycles. The Bertz CT molecular complexity index is 1010. The highest BCUT2D eigenvalue weighted by molar-refractivity contribution is 7.89. The molecule has 0 spiro atoms. The minimum atomic E-state index is -3.87. The largest absolute Gasteiger partial charge is 0.379 e. The van der Waals surface area contributed by atoms with Gasteiger partial charge in [-0.25, -0.2) is 12.8 Å². The number of rotatable bonds is 6. The van der Waals surface area contributed by atoms with Crippen molar-refractivity contribution in [3.8, 4) is 0 Å². The molecule has 1 saturated heterocycles. The number of sulfonamides is 1. The number of halogens is 1. The molecule has 0 aliphatic carbocycles. The molecular weight excluding hydrogens is 391 g/mol. The van der Waals surface area contributed by atoms with Gasteiger partial charge in [0.25, 0.3) is 5.69 Å². The summed E-state index contributed by atoms with van der Waals surface area (Å²) < 4.78 is 45.3. The van der Waals surface area contributed by atoms with Gasteiger partial charge in [0.15, 0.2) is 0 Å². The molecule has 0 radical (unpaired) electrons. The zero-order chi connectivity index (χ0) is 20.1. The van der Waals surface area contributed by atoms with Gasteiger partial charge < -0.3 is 4.74 Å². The second-order valence-electron chi connectivity index (χ2n) is 5.84. The molecule has 28 heavy (non-hydrogen) atoms. The van der Waals surface area contributed by atoms with Crippen molar-refractivity contribution in [2.24, 2.45) is 5.10 Å². The maximum atomic E-state index is 13.6. The molecule has 9 nitrogen and oxygen atoms in total. The van der Waals surface area contributed by atoms with E-state index in [2.05, 4.69) is 10.5 Å². The first-order valence-corrected chi connectivity index (χ1v) is 9.73. The van der Waals surface area contributed by atoms with Crippen LogP contribution in [0, 0.1) is 15.9 Å². The van der Waals surface area contributed by atoms with E-state index in [1.165, 1.54) is 40.9 Å². The smallest absolute Gasteiger partial charge is 0.295 e. The maximum Gasteiger partial charge on any atom is 0.295 e. The lowest BCUT2D eigenvalue weighted by Crippen LogP contribution is -2.40. The van der Waals surface area contributed by atoms with Crippen molar-refractivity contribution in [2.75, 3.05) is 31.7 Å². The summed E-state index contributed by atoms with van der Waals surface area (Å²) in [7, 11) is -3.87. The van der Waals surface area contributed by atoms with Crippen LogP contribution < -0.4 is 5.43 Å². The van der Waals surface area contributed by atoms with Crippen LogP contribution in [0.2, 0.25) is 0 Å². The van der Waals surface area contributed by atoms with Gasteiger partial charge in [0.2, 0.25) is 10.0 Å². The van der Waals surface area contributed by atoms with Crippen LogP contribution in [0.3, 0.4) is 0 Å². The number of nitro groups is 1. The molecule has 0 amide bonds. The van der Waals surface area contributed by atoms with Crippen molar-refractivity contribution in [1.82, 2.24) is 4.31 Å². The third-order valence-electron chi connectivity index (χ3n) is 4.07. The first kappa shape index (κ1) is 19.9. The van der Waals surface area contributed by atoms with E-state index in [0.717, 1.165) is 6.07 Å². The molecule has 0 unspecified atom stereocenters. The van der Waals surface area contributed by atoms with Crippen LogP contribution in [0.4, 0.5) is 15.8 Å². The van der Waals surface area contributed by atoms with Gasteiger partial charge in [0, 0.05) is 24.7 Å². The van der Waals surface area contributed by atoms with Crippen LogP contribution in [0.5, 0.6) is 0 Å². The highest BCUT2D eigenvalue weighted by Gasteiger charge is 2.28. The Kier molecular flexibility index (Phi) is 5.97. The number of anilines is 1. The van der Waals surface area contributed by atoms with Crippen LogP contribution in [0.1, 0.15) is 5.56 Å². The number of benzene rings is 2. The third kappa shape index (κ3) is 4.32. The lowest BCUT2D eigenvalue weighted by molar-refractivity contribution is -0.384. The Hall–Kier alpha value is -2.89. The molecule has 3 rings (SSSR count). The van der Waals surface area contributed by atoms with Gasteiger partial charge in [0.05, 0.1) is 29.2 Å². The summed E-state index contributed by atoms with van der Waals surface area (Å²) in [6.45, 7) is 0.906.